The van der Waals surface area contributed by atoms with E-state index in [1.54, 1.807) is 51.1 Å². The minimum Gasteiger partial charge on any atom is -0.460 e. The monoisotopic (exact) mass is 425 g/mol. The normalized spacial score (nSPS) is 13.7. The van der Waals surface area contributed by atoms with Crippen LogP contribution >= 0.6 is 0 Å². The molecule has 0 saturated carbocycles. The van der Waals surface area contributed by atoms with E-state index in [1.807, 2.05) is 12.1 Å². The average molecular weight is 425 g/mol. The van der Waals surface area contributed by atoms with Gasteiger partial charge in [-0.3, -0.25) is 14.4 Å². The van der Waals surface area contributed by atoms with E-state index < -0.39 is 11.6 Å². The zero-order valence-corrected chi connectivity index (χ0v) is 17.9. The molecule has 3 rings (SSSR count). The Labute approximate surface area is 181 Å². The van der Waals surface area contributed by atoms with Gasteiger partial charge in [0.15, 0.2) is 0 Å². The second-order valence-electron chi connectivity index (χ2n) is 8.39. The Morgan fingerprint density at radius 2 is 1.81 bits per heavy atom. The number of nitrogens with two attached hydrogens (primary N) is 1. The first-order valence-electron chi connectivity index (χ1n) is 10.1. The maximum Gasteiger partial charge on any atom is 0.306 e. The third-order valence-electron chi connectivity index (χ3n) is 4.48. The lowest BCUT2D eigenvalue weighted by Crippen LogP contribution is -2.36. The number of amides is 2. The van der Waals surface area contributed by atoms with Gasteiger partial charge in [-0.25, -0.2) is 0 Å². The van der Waals surface area contributed by atoms with Crippen molar-refractivity contribution in [2.75, 3.05) is 10.6 Å². The summed E-state index contributed by atoms with van der Waals surface area (Å²) < 4.78 is 11.0. The lowest BCUT2D eigenvalue weighted by Gasteiger charge is -2.20. The van der Waals surface area contributed by atoms with Crippen molar-refractivity contribution in [3.8, 4) is 11.5 Å². The minimum absolute atomic E-state index is 0.0310. The molecule has 0 aliphatic carbocycles. The first-order valence-corrected chi connectivity index (χ1v) is 10.1. The first-order chi connectivity index (χ1) is 14.6. The molecular weight excluding hydrogens is 398 g/mol. The number of rotatable bonds is 7. The van der Waals surface area contributed by atoms with Gasteiger partial charge in [-0.05, 0) is 75.2 Å². The third-order valence-corrected chi connectivity index (χ3v) is 4.48. The van der Waals surface area contributed by atoms with Gasteiger partial charge in [0.05, 0.1) is 12.5 Å². The van der Waals surface area contributed by atoms with Gasteiger partial charge in [0.25, 0.3) is 0 Å². The Morgan fingerprint density at radius 3 is 2.48 bits per heavy atom. The van der Waals surface area contributed by atoms with E-state index in [4.69, 9.17) is 15.2 Å². The molecule has 0 bridgehead atoms. The first kappa shape index (κ1) is 22.3. The number of fused-ring (bicyclic) bond motifs is 1. The largest absolute Gasteiger partial charge is 0.460 e. The molecule has 164 valence electrons. The Kier molecular flexibility index (Phi) is 6.60. The summed E-state index contributed by atoms with van der Waals surface area (Å²) in [6.07, 6.45) is 0.601. The van der Waals surface area contributed by atoms with Crippen LogP contribution in [-0.2, 0) is 25.5 Å². The number of esters is 1. The van der Waals surface area contributed by atoms with E-state index in [0.29, 0.717) is 23.6 Å². The van der Waals surface area contributed by atoms with Gasteiger partial charge in [-0.1, -0.05) is 0 Å². The van der Waals surface area contributed by atoms with Crippen LogP contribution in [0.1, 0.15) is 39.2 Å². The van der Waals surface area contributed by atoms with Crippen LogP contribution < -0.4 is 21.1 Å². The van der Waals surface area contributed by atoms with Gasteiger partial charge < -0.3 is 25.8 Å². The number of anilines is 2. The van der Waals surface area contributed by atoms with E-state index in [2.05, 4.69) is 10.6 Å². The highest BCUT2D eigenvalue weighted by molar-refractivity contribution is 5.99. The Bertz CT molecular complexity index is 980. The number of hydrogen-bond acceptors (Lipinski definition) is 6. The average Bonchev–Trinajstić information content (AvgIpc) is 3.05. The molecule has 4 N–H and O–H groups in total. The summed E-state index contributed by atoms with van der Waals surface area (Å²) in [6.45, 7) is 5.36. The van der Waals surface area contributed by atoms with E-state index >= 15 is 0 Å². The number of ether oxygens (including phenoxy) is 2. The minimum atomic E-state index is -0.828. The molecule has 0 saturated heterocycles. The zero-order valence-electron chi connectivity index (χ0n) is 17.9. The molecule has 2 aromatic rings. The van der Waals surface area contributed by atoms with Crippen molar-refractivity contribution in [2.45, 2.75) is 51.7 Å². The number of hydrogen-bond donors (Lipinski definition) is 3. The number of carbonyl (C=O) groups is 3. The Balaban J connectivity index is 1.50. The molecular formula is C23H27N3O5. The van der Waals surface area contributed by atoms with Gasteiger partial charge in [-0.2, -0.15) is 0 Å². The summed E-state index contributed by atoms with van der Waals surface area (Å²) in [5.74, 6) is 0.411. The quantitative estimate of drug-likeness (QED) is 0.585. The smallest absolute Gasteiger partial charge is 0.306 e. The molecule has 0 aromatic heterocycles. The topological polar surface area (TPSA) is 120 Å². The fourth-order valence-electron chi connectivity index (χ4n) is 3.04. The van der Waals surface area contributed by atoms with E-state index in [-0.39, 0.29) is 30.6 Å². The number of carbonyl (C=O) groups excluding carboxylic acids is 3. The van der Waals surface area contributed by atoms with E-state index in [9.17, 15) is 14.4 Å². The molecule has 1 atom stereocenters. The molecule has 0 unspecified atom stereocenters. The highest BCUT2D eigenvalue weighted by atomic mass is 16.6. The van der Waals surface area contributed by atoms with Crippen LogP contribution in [-0.4, -0.2) is 29.4 Å². The molecule has 0 spiro atoms. The van der Waals surface area contributed by atoms with Crippen LogP contribution in [0, 0.1) is 0 Å². The van der Waals surface area contributed by atoms with Crippen molar-refractivity contribution in [3.63, 3.8) is 0 Å². The van der Waals surface area contributed by atoms with E-state index in [0.717, 1.165) is 11.3 Å². The zero-order chi connectivity index (χ0) is 22.6. The predicted molar refractivity (Wildman–Crippen MR) is 117 cm³/mol. The van der Waals surface area contributed by atoms with Crippen molar-refractivity contribution in [2.24, 2.45) is 5.73 Å². The summed E-state index contributed by atoms with van der Waals surface area (Å²) in [4.78, 5) is 35.5. The molecule has 31 heavy (non-hydrogen) atoms. The molecule has 2 amide bonds. The molecule has 0 fully saturated rings. The van der Waals surface area contributed by atoms with Crippen LogP contribution in [0.15, 0.2) is 42.5 Å². The maximum atomic E-state index is 12.3. The second-order valence-corrected chi connectivity index (χ2v) is 8.39. The summed E-state index contributed by atoms with van der Waals surface area (Å²) in [5.41, 5.74) is 7.58. The van der Waals surface area contributed by atoms with Crippen LogP contribution in [0.3, 0.4) is 0 Å². The number of nitrogens with one attached hydrogen (secondary N) is 2. The molecule has 0 radical (unpaired) electrons. The molecule has 8 heteroatoms. The highest BCUT2D eigenvalue weighted by Gasteiger charge is 2.20. The van der Waals surface area contributed by atoms with Crippen molar-refractivity contribution >= 4 is 29.2 Å². The van der Waals surface area contributed by atoms with Crippen LogP contribution in [0.25, 0.3) is 0 Å². The molecule has 1 aliphatic rings. The predicted octanol–water partition coefficient (Wildman–Crippen LogP) is 3.36. The van der Waals surface area contributed by atoms with Crippen LogP contribution in [0.5, 0.6) is 11.5 Å². The van der Waals surface area contributed by atoms with Crippen molar-refractivity contribution < 1.29 is 23.9 Å². The lowest BCUT2D eigenvalue weighted by atomic mass is 10.1. The summed E-state index contributed by atoms with van der Waals surface area (Å²) >= 11 is 0. The summed E-state index contributed by atoms with van der Waals surface area (Å²) in [6, 6.07) is 11.4. The summed E-state index contributed by atoms with van der Waals surface area (Å²) in [7, 11) is 0. The van der Waals surface area contributed by atoms with Gasteiger partial charge in [0.2, 0.25) is 11.8 Å². The van der Waals surface area contributed by atoms with E-state index in [1.165, 1.54) is 0 Å². The van der Waals surface area contributed by atoms with Gasteiger partial charge >= 0.3 is 5.97 Å². The SMILES string of the molecule is CC(C)(C)OC(=O)CC[C@H](N)C(=O)Nc1ccc(Oc2ccc3c(c2)CC(=O)N3)cc1. The fourth-order valence-corrected chi connectivity index (χ4v) is 3.04. The maximum absolute atomic E-state index is 12.3. The van der Waals surface area contributed by atoms with Gasteiger partial charge in [0.1, 0.15) is 17.1 Å². The molecule has 8 nitrogen and oxygen atoms in total. The van der Waals surface area contributed by atoms with Gasteiger partial charge in [-0.15, -0.1) is 0 Å². The van der Waals surface area contributed by atoms with Crippen molar-refractivity contribution in [1.29, 1.82) is 0 Å². The highest BCUT2D eigenvalue weighted by Crippen LogP contribution is 2.30. The Hall–Kier alpha value is -3.39. The molecule has 1 heterocycles. The number of benzene rings is 2. The third kappa shape index (κ3) is 6.55. The fraction of sp³-hybridized carbons (Fsp3) is 0.348. The van der Waals surface area contributed by atoms with Crippen molar-refractivity contribution in [3.05, 3.63) is 48.0 Å². The van der Waals surface area contributed by atoms with Gasteiger partial charge in [0, 0.05) is 17.8 Å². The molecule has 2 aromatic carbocycles. The summed E-state index contributed by atoms with van der Waals surface area (Å²) in [5, 5.41) is 5.50. The second kappa shape index (κ2) is 9.18. The lowest BCUT2D eigenvalue weighted by molar-refractivity contribution is -0.155. The standard InChI is InChI=1S/C23H27N3O5/c1-23(2,3)31-21(28)11-9-18(24)22(29)25-15-4-6-16(7-5-15)30-17-8-10-19-14(12-17)13-20(27)26-19/h4-8,10,12,18H,9,11,13,24H2,1-3H3,(H,25,29)(H,26,27)/t18-/m0/s1. The van der Waals surface area contributed by atoms with Crippen molar-refractivity contribution in [1.82, 2.24) is 0 Å². The van der Waals surface area contributed by atoms with Crippen LogP contribution in [0.2, 0.25) is 0 Å². The Morgan fingerprint density at radius 1 is 1.13 bits per heavy atom. The molecule has 1 aliphatic heterocycles. The van der Waals surface area contributed by atoms with Crippen LogP contribution in [0.4, 0.5) is 11.4 Å².